The zero-order valence-electron chi connectivity index (χ0n) is 12.8. The lowest BCUT2D eigenvalue weighted by molar-refractivity contribution is -0.141. The summed E-state index contributed by atoms with van der Waals surface area (Å²) in [6.07, 6.45) is 2.44. The van der Waals surface area contributed by atoms with Gasteiger partial charge in [0.15, 0.2) is 0 Å². The Hall–Kier alpha value is -1.88. The summed E-state index contributed by atoms with van der Waals surface area (Å²) >= 11 is 0. The number of hydrogen-bond acceptors (Lipinski definition) is 3. The molecular weight excluding hydrogens is 278 g/mol. The Kier molecular flexibility index (Phi) is 4.73. The highest BCUT2D eigenvalue weighted by molar-refractivity contribution is 5.89. The third-order valence-electron chi connectivity index (χ3n) is 4.44. The van der Waals surface area contributed by atoms with E-state index in [4.69, 9.17) is 0 Å². The molecule has 2 aliphatic heterocycles. The van der Waals surface area contributed by atoms with Crippen molar-refractivity contribution in [2.24, 2.45) is 0 Å². The number of benzene rings is 1. The number of rotatable bonds is 4. The van der Waals surface area contributed by atoms with Crippen LogP contribution in [0.2, 0.25) is 0 Å². The lowest BCUT2D eigenvalue weighted by Gasteiger charge is -2.33. The molecule has 2 saturated heterocycles. The van der Waals surface area contributed by atoms with Crippen LogP contribution in [0, 0.1) is 0 Å². The van der Waals surface area contributed by atoms with Gasteiger partial charge in [0, 0.05) is 32.7 Å². The van der Waals surface area contributed by atoms with Gasteiger partial charge in [-0.2, -0.15) is 0 Å². The summed E-state index contributed by atoms with van der Waals surface area (Å²) < 4.78 is 0. The maximum absolute atomic E-state index is 12.6. The van der Waals surface area contributed by atoms with E-state index in [1.165, 1.54) is 0 Å². The van der Waals surface area contributed by atoms with E-state index in [9.17, 15) is 9.59 Å². The Bertz CT molecular complexity index is 526. The van der Waals surface area contributed by atoms with Crippen molar-refractivity contribution in [2.75, 3.05) is 26.2 Å². The molecular formula is C17H23N3O2. The first-order chi connectivity index (χ1) is 10.7. The van der Waals surface area contributed by atoms with Crippen LogP contribution in [0.15, 0.2) is 30.3 Å². The van der Waals surface area contributed by atoms with Crippen molar-refractivity contribution in [3.8, 4) is 0 Å². The monoisotopic (exact) mass is 301 g/mol. The minimum absolute atomic E-state index is 0.0441. The Morgan fingerprint density at radius 2 is 1.86 bits per heavy atom. The number of hydrogen-bond donors (Lipinski definition) is 1. The van der Waals surface area contributed by atoms with Gasteiger partial charge in [-0.3, -0.25) is 9.59 Å². The fourth-order valence-corrected chi connectivity index (χ4v) is 3.18. The third-order valence-corrected chi connectivity index (χ3v) is 4.44. The summed E-state index contributed by atoms with van der Waals surface area (Å²) in [6, 6.07) is 9.62. The van der Waals surface area contributed by atoms with Crippen LogP contribution in [0.1, 0.15) is 24.8 Å². The van der Waals surface area contributed by atoms with Crippen LogP contribution in [0.4, 0.5) is 0 Å². The van der Waals surface area contributed by atoms with Gasteiger partial charge in [0.2, 0.25) is 11.8 Å². The second-order valence-electron chi connectivity index (χ2n) is 6.04. The number of nitrogens with one attached hydrogen (secondary N) is 1. The van der Waals surface area contributed by atoms with E-state index in [2.05, 4.69) is 5.32 Å². The van der Waals surface area contributed by atoms with E-state index in [0.717, 1.165) is 38.0 Å². The molecule has 0 spiro atoms. The Balaban J connectivity index is 1.58. The van der Waals surface area contributed by atoms with Crippen LogP contribution in [0.25, 0.3) is 0 Å². The summed E-state index contributed by atoms with van der Waals surface area (Å²) in [7, 11) is 0. The predicted octanol–water partition coefficient (Wildman–Crippen LogP) is 0.999. The minimum atomic E-state index is -0.370. The smallest absolute Gasteiger partial charge is 0.240 e. The maximum Gasteiger partial charge on any atom is 0.240 e. The molecule has 118 valence electrons. The van der Waals surface area contributed by atoms with Crippen molar-refractivity contribution in [2.45, 2.75) is 31.8 Å². The van der Waals surface area contributed by atoms with E-state index >= 15 is 0 Å². The van der Waals surface area contributed by atoms with E-state index in [-0.39, 0.29) is 24.3 Å². The lowest BCUT2D eigenvalue weighted by Crippen LogP contribution is -2.55. The van der Waals surface area contributed by atoms with Crippen molar-refractivity contribution < 1.29 is 9.59 Å². The van der Waals surface area contributed by atoms with E-state index < -0.39 is 0 Å². The van der Waals surface area contributed by atoms with Gasteiger partial charge >= 0.3 is 0 Å². The molecule has 0 bridgehead atoms. The Morgan fingerprint density at radius 3 is 2.59 bits per heavy atom. The van der Waals surface area contributed by atoms with Gasteiger partial charge in [0.25, 0.3) is 0 Å². The lowest BCUT2D eigenvalue weighted by atomic mass is 10.1. The van der Waals surface area contributed by atoms with Crippen LogP contribution in [0.3, 0.4) is 0 Å². The van der Waals surface area contributed by atoms with Gasteiger partial charge < -0.3 is 15.1 Å². The second kappa shape index (κ2) is 6.92. The van der Waals surface area contributed by atoms with Gasteiger partial charge in [-0.15, -0.1) is 0 Å². The van der Waals surface area contributed by atoms with Crippen molar-refractivity contribution in [3.05, 3.63) is 35.9 Å². The van der Waals surface area contributed by atoms with Crippen LogP contribution in [-0.4, -0.2) is 53.8 Å². The Morgan fingerprint density at radius 1 is 1.14 bits per heavy atom. The van der Waals surface area contributed by atoms with Crippen LogP contribution in [-0.2, 0) is 16.1 Å². The van der Waals surface area contributed by atoms with Crippen molar-refractivity contribution in [1.82, 2.24) is 15.1 Å². The van der Waals surface area contributed by atoms with Crippen molar-refractivity contribution in [3.63, 3.8) is 0 Å². The first-order valence-corrected chi connectivity index (χ1v) is 8.08. The van der Waals surface area contributed by atoms with Crippen molar-refractivity contribution in [1.29, 1.82) is 0 Å². The molecule has 1 aromatic rings. The number of likely N-dealkylation sites (tertiary alicyclic amines) is 1. The van der Waals surface area contributed by atoms with E-state index in [1.807, 2.05) is 40.1 Å². The molecule has 5 nitrogen and oxygen atoms in total. The average Bonchev–Trinajstić information content (AvgIpc) is 3.07. The van der Waals surface area contributed by atoms with Gasteiger partial charge in [-0.05, 0) is 18.4 Å². The topological polar surface area (TPSA) is 52.7 Å². The molecule has 22 heavy (non-hydrogen) atoms. The van der Waals surface area contributed by atoms with Gasteiger partial charge in [-0.25, -0.2) is 0 Å². The van der Waals surface area contributed by atoms with Gasteiger partial charge in [0.05, 0.1) is 12.5 Å². The molecule has 0 aromatic heterocycles. The highest BCUT2D eigenvalue weighted by Crippen LogP contribution is 2.14. The number of amides is 2. The molecule has 1 N–H and O–H groups in total. The third kappa shape index (κ3) is 3.47. The van der Waals surface area contributed by atoms with Gasteiger partial charge in [-0.1, -0.05) is 30.3 Å². The highest BCUT2D eigenvalue weighted by atomic mass is 16.2. The van der Waals surface area contributed by atoms with Crippen LogP contribution < -0.4 is 5.32 Å². The molecule has 0 aliphatic carbocycles. The molecule has 0 saturated carbocycles. The zero-order valence-corrected chi connectivity index (χ0v) is 12.8. The number of nitrogens with zero attached hydrogens (tertiary/aromatic N) is 2. The van der Waals surface area contributed by atoms with Crippen molar-refractivity contribution >= 4 is 11.8 Å². The first kappa shape index (κ1) is 15.0. The summed E-state index contributed by atoms with van der Waals surface area (Å²) in [4.78, 5) is 28.5. The fraction of sp³-hybridized carbons (Fsp3) is 0.529. The highest BCUT2D eigenvalue weighted by Gasteiger charge is 2.31. The normalized spacial score (nSPS) is 22.2. The molecule has 1 atom stereocenters. The molecule has 3 rings (SSSR count). The fourth-order valence-electron chi connectivity index (χ4n) is 3.18. The summed E-state index contributed by atoms with van der Waals surface area (Å²) in [5.74, 6) is 0.146. The summed E-state index contributed by atoms with van der Waals surface area (Å²) in [6.45, 7) is 3.75. The average molecular weight is 301 g/mol. The van der Waals surface area contributed by atoms with Crippen LogP contribution >= 0.6 is 0 Å². The first-order valence-electron chi connectivity index (χ1n) is 8.08. The van der Waals surface area contributed by atoms with Crippen LogP contribution in [0.5, 0.6) is 0 Å². The molecule has 5 heteroatoms. The number of carbonyl (C=O) groups is 2. The molecule has 1 aromatic carbocycles. The second-order valence-corrected chi connectivity index (χ2v) is 6.04. The molecule has 0 radical (unpaired) electrons. The predicted molar refractivity (Wildman–Crippen MR) is 84.1 cm³/mol. The standard InChI is InChI=1S/C17H23N3O2/c21-16(19-9-4-5-10-19)12-15-17(22)20(11-8-18-15)13-14-6-2-1-3-7-14/h1-3,6-7,15,18H,4-5,8-13H2. The molecule has 2 fully saturated rings. The maximum atomic E-state index is 12.6. The molecule has 2 aliphatic rings. The van der Waals surface area contributed by atoms with Gasteiger partial charge in [0.1, 0.15) is 0 Å². The number of carbonyl (C=O) groups excluding carboxylic acids is 2. The molecule has 2 amide bonds. The number of piperazine rings is 1. The zero-order chi connectivity index (χ0) is 15.4. The largest absolute Gasteiger partial charge is 0.343 e. The quantitative estimate of drug-likeness (QED) is 0.903. The molecule has 1 unspecified atom stereocenters. The van der Waals surface area contributed by atoms with E-state index in [1.54, 1.807) is 0 Å². The summed E-state index contributed by atoms with van der Waals surface area (Å²) in [5, 5.41) is 3.20. The summed E-state index contributed by atoms with van der Waals surface area (Å²) in [5.41, 5.74) is 1.13. The van der Waals surface area contributed by atoms with E-state index in [0.29, 0.717) is 13.1 Å². The minimum Gasteiger partial charge on any atom is -0.343 e. The SMILES string of the molecule is O=C(CC1NCCN(Cc2ccccc2)C1=O)N1CCCC1. The molecule has 2 heterocycles. The Labute approximate surface area is 131 Å².